The molecule has 0 aliphatic carbocycles. The van der Waals surface area contributed by atoms with Crippen molar-refractivity contribution in [1.82, 2.24) is 9.38 Å². The summed E-state index contributed by atoms with van der Waals surface area (Å²) in [4.78, 5) is 4.62. The van der Waals surface area contributed by atoms with Crippen LogP contribution in [0, 0.1) is 13.8 Å². The Morgan fingerprint density at radius 3 is 2.72 bits per heavy atom. The highest BCUT2D eigenvalue weighted by atomic mass is 15.0. The van der Waals surface area contributed by atoms with Gasteiger partial charge < -0.3 is 10.1 Å². The number of pyridine rings is 1. The van der Waals surface area contributed by atoms with Gasteiger partial charge in [0, 0.05) is 23.6 Å². The molecule has 0 bridgehead atoms. The number of nitrogens with two attached hydrogens (primary N) is 1. The van der Waals surface area contributed by atoms with Gasteiger partial charge in [0.1, 0.15) is 5.65 Å². The smallest absolute Gasteiger partial charge is 0.137 e. The van der Waals surface area contributed by atoms with Gasteiger partial charge in [0.05, 0.1) is 5.69 Å². The standard InChI is InChI=1S/C15H15N3/c1-10-5-6-18-9-14(17-15(18)7-10)12-4-3-11(2)13(16)8-12/h3-9H,16H2,1-2H3. The molecule has 0 saturated heterocycles. The summed E-state index contributed by atoms with van der Waals surface area (Å²) in [6.45, 7) is 4.07. The van der Waals surface area contributed by atoms with Crippen molar-refractivity contribution in [2.24, 2.45) is 0 Å². The van der Waals surface area contributed by atoms with Gasteiger partial charge in [-0.15, -0.1) is 0 Å². The number of nitrogen functional groups attached to an aromatic ring is 1. The summed E-state index contributed by atoms with van der Waals surface area (Å²) < 4.78 is 2.03. The molecule has 3 aromatic rings. The minimum absolute atomic E-state index is 0.806. The van der Waals surface area contributed by atoms with E-state index in [1.54, 1.807) is 0 Å². The highest BCUT2D eigenvalue weighted by molar-refractivity contribution is 5.68. The Morgan fingerprint density at radius 1 is 1.11 bits per heavy atom. The van der Waals surface area contributed by atoms with Crippen LogP contribution in [-0.2, 0) is 0 Å². The monoisotopic (exact) mass is 237 g/mol. The van der Waals surface area contributed by atoms with Crippen LogP contribution in [0.4, 0.5) is 5.69 Å². The maximum Gasteiger partial charge on any atom is 0.137 e. The van der Waals surface area contributed by atoms with Crippen molar-refractivity contribution in [3.8, 4) is 11.3 Å². The molecule has 18 heavy (non-hydrogen) atoms. The van der Waals surface area contributed by atoms with Crippen molar-refractivity contribution in [2.45, 2.75) is 13.8 Å². The van der Waals surface area contributed by atoms with Crippen molar-refractivity contribution in [3.05, 3.63) is 53.9 Å². The van der Waals surface area contributed by atoms with Crippen molar-refractivity contribution in [2.75, 3.05) is 5.73 Å². The molecular weight excluding hydrogens is 222 g/mol. The highest BCUT2D eigenvalue weighted by Gasteiger charge is 2.05. The number of fused-ring (bicyclic) bond motifs is 1. The first-order chi connectivity index (χ1) is 8.63. The van der Waals surface area contributed by atoms with Crippen LogP contribution in [-0.4, -0.2) is 9.38 Å². The summed E-state index contributed by atoms with van der Waals surface area (Å²) in [5.74, 6) is 0. The molecule has 0 radical (unpaired) electrons. The zero-order valence-corrected chi connectivity index (χ0v) is 10.5. The molecule has 2 heterocycles. The third kappa shape index (κ3) is 1.74. The van der Waals surface area contributed by atoms with Crippen molar-refractivity contribution < 1.29 is 0 Å². The quantitative estimate of drug-likeness (QED) is 0.660. The second-order valence-electron chi connectivity index (χ2n) is 4.67. The first-order valence-electron chi connectivity index (χ1n) is 5.95. The third-order valence-electron chi connectivity index (χ3n) is 3.19. The average Bonchev–Trinajstić information content (AvgIpc) is 2.75. The molecule has 0 amide bonds. The molecule has 3 rings (SSSR count). The summed E-state index contributed by atoms with van der Waals surface area (Å²) in [6.07, 6.45) is 4.05. The van der Waals surface area contributed by atoms with Gasteiger partial charge in [0.25, 0.3) is 0 Å². The number of nitrogens with zero attached hydrogens (tertiary/aromatic N) is 2. The summed E-state index contributed by atoms with van der Waals surface area (Å²) in [5, 5.41) is 0. The van der Waals surface area contributed by atoms with Gasteiger partial charge in [-0.2, -0.15) is 0 Å². The molecule has 0 unspecified atom stereocenters. The number of aryl methyl sites for hydroxylation is 2. The number of hydrogen-bond acceptors (Lipinski definition) is 2. The second kappa shape index (κ2) is 3.88. The lowest BCUT2D eigenvalue weighted by Crippen LogP contribution is -1.89. The van der Waals surface area contributed by atoms with Crippen molar-refractivity contribution in [1.29, 1.82) is 0 Å². The van der Waals surface area contributed by atoms with E-state index in [1.807, 2.05) is 35.9 Å². The van der Waals surface area contributed by atoms with Crippen molar-refractivity contribution >= 4 is 11.3 Å². The van der Waals surface area contributed by atoms with E-state index >= 15 is 0 Å². The Hall–Kier alpha value is -2.29. The van der Waals surface area contributed by atoms with Crippen LogP contribution in [0.5, 0.6) is 0 Å². The van der Waals surface area contributed by atoms with Gasteiger partial charge in [0.15, 0.2) is 0 Å². The van der Waals surface area contributed by atoms with E-state index in [4.69, 9.17) is 5.73 Å². The van der Waals surface area contributed by atoms with Gasteiger partial charge in [-0.05, 0) is 43.2 Å². The molecule has 3 heteroatoms. The number of rotatable bonds is 1. The summed E-state index contributed by atoms with van der Waals surface area (Å²) >= 11 is 0. The molecule has 2 aromatic heterocycles. The highest BCUT2D eigenvalue weighted by Crippen LogP contribution is 2.23. The molecular formula is C15H15N3. The zero-order valence-electron chi connectivity index (χ0n) is 10.5. The third-order valence-corrected chi connectivity index (χ3v) is 3.19. The van der Waals surface area contributed by atoms with E-state index in [9.17, 15) is 0 Å². The minimum atomic E-state index is 0.806. The van der Waals surface area contributed by atoms with Crippen LogP contribution in [0.15, 0.2) is 42.7 Å². The topological polar surface area (TPSA) is 43.3 Å². The lowest BCUT2D eigenvalue weighted by Gasteiger charge is -2.01. The molecule has 2 N–H and O–H groups in total. The Morgan fingerprint density at radius 2 is 1.94 bits per heavy atom. The average molecular weight is 237 g/mol. The molecule has 0 saturated carbocycles. The minimum Gasteiger partial charge on any atom is -0.398 e. The molecule has 0 spiro atoms. The Balaban J connectivity index is 2.16. The maximum absolute atomic E-state index is 5.94. The lowest BCUT2D eigenvalue weighted by molar-refractivity contribution is 1.17. The molecule has 3 nitrogen and oxygen atoms in total. The van der Waals surface area contributed by atoms with Crippen LogP contribution in [0.25, 0.3) is 16.9 Å². The van der Waals surface area contributed by atoms with Crippen LogP contribution in [0.2, 0.25) is 0 Å². The maximum atomic E-state index is 5.94. The van der Waals surface area contributed by atoms with Crippen LogP contribution >= 0.6 is 0 Å². The van der Waals surface area contributed by atoms with Crippen LogP contribution in [0.3, 0.4) is 0 Å². The van der Waals surface area contributed by atoms with E-state index in [-0.39, 0.29) is 0 Å². The summed E-state index contributed by atoms with van der Waals surface area (Å²) in [6, 6.07) is 10.2. The molecule has 0 aliphatic heterocycles. The number of hydrogen-bond donors (Lipinski definition) is 1. The predicted molar refractivity (Wildman–Crippen MR) is 74.5 cm³/mol. The van der Waals surface area contributed by atoms with E-state index in [0.717, 1.165) is 28.2 Å². The fourth-order valence-electron chi connectivity index (χ4n) is 2.02. The van der Waals surface area contributed by atoms with Crippen molar-refractivity contribution in [3.63, 3.8) is 0 Å². The first-order valence-corrected chi connectivity index (χ1v) is 5.95. The van der Waals surface area contributed by atoms with E-state index in [2.05, 4.69) is 30.1 Å². The number of anilines is 1. The van der Waals surface area contributed by atoms with Crippen LogP contribution < -0.4 is 5.73 Å². The number of aromatic nitrogens is 2. The predicted octanol–water partition coefficient (Wildman–Crippen LogP) is 3.20. The van der Waals surface area contributed by atoms with Crippen LogP contribution in [0.1, 0.15) is 11.1 Å². The van der Waals surface area contributed by atoms with Gasteiger partial charge >= 0.3 is 0 Å². The fraction of sp³-hybridized carbons (Fsp3) is 0.133. The summed E-state index contributed by atoms with van der Waals surface area (Å²) in [5.41, 5.74) is 12.0. The lowest BCUT2D eigenvalue weighted by atomic mass is 10.1. The van der Waals surface area contributed by atoms with Gasteiger partial charge in [-0.3, -0.25) is 0 Å². The Bertz CT molecular complexity index is 726. The molecule has 0 atom stereocenters. The fourth-order valence-corrected chi connectivity index (χ4v) is 2.02. The number of benzene rings is 1. The van der Waals surface area contributed by atoms with E-state index in [0.29, 0.717) is 0 Å². The number of imidazole rings is 1. The van der Waals surface area contributed by atoms with Gasteiger partial charge in [-0.1, -0.05) is 12.1 Å². The molecule has 1 aromatic carbocycles. The van der Waals surface area contributed by atoms with Gasteiger partial charge in [-0.25, -0.2) is 4.98 Å². The van der Waals surface area contributed by atoms with E-state index < -0.39 is 0 Å². The Labute approximate surface area is 106 Å². The zero-order chi connectivity index (χ0) is 12.7. The molecule has 0 fully saturated rings. The molecule has 0 aliphatic rings. The normalized spacial score (nSPS) is 11.0. The SMILES string of the molecule is Cc1ccn2cc(-c3ccc(C)c(N)c3)nc2c1. The summed E-state index contributed by atoms with van der Waals surface area (Å²) in [7, 11) is 0. The van der Waals surface area contributed by atoms with Gasteiger partial charge in [0.2, 0.25) is 0 Å². The first kappa shape index (κ1) is 10.8. The molecule has 90 valence electrons. The largest absolute Gasteiger partial charge is 0.398 e. The Kier molecular flexibility index (Phi) is 2.33. The van der Waals surface area contributed by atoms with E-state index in [1.165, 1.54) is 5.56 Å². The second-order valence-corrected chi connectivity index (χ2v) is 4.67.